The van der Waals surface area contributed by atoms with E-state index in [0.29, 0.717) is 12.0 Å². The van der Waals surface area contributed by atoms with Crippen LogP contribution in [-0.4, -0.2) is 29.0 Å². The molecule has 2 aromatic rings. The summed E-state index contributed by atoms with van der Waals surface area (Å²) in [5.74, 6) is 0.353. The van der Waals surface area contributed by atoms with Gasteiger partial charge >= 0.3 is 0 Å². The Bertz CT molecular complexity index is 585. The Morgan fingerprint density at radius 2 is 2.05 bits per heavy atom. The second-order valence-corrected chi connectivity index (χ2v) is 6.08. The van der Waals surface area contributed by atoms with Gasteiger partial charge in [0.15, 0.2) is 0 Å². The molecule has 0 saturated carbocycles. The highest BCUT2D eigenvalue weighted by atomic mass is 19.1. The van der Waals surface area contributed by atoms with Crippen LogP contribution in [0.15, 0.2) is 48.7 Å². The Kier molecular flexibility index (Phi) is 4.68. The molecule has 0 bridgehead atoms. The number of hydrogen-bond acceptors (Lipinski definition) is 3. The number of aromatic nitrogens is 1. The normalized spacial score (nSPS) is 22.5. The second-order valence-electron chi connectivity index (χ2n) is 6.08. The summed E-state index contributed by atoms with van der Waals surface area (Å²) in [5, 5.41) is 3.53. The van der Waals surface area contributed by atoms with E-state index in [9.17, 15) is 4.39 Å². The second kappa shape index (κ2) is 6.88. The topological polar surface area (TPSA) is 28.2 Å². The van der Waals surface area contributed by atoms with E-state index in [2.05, 4.69) is 28.2 Å². The smallest absolute Gasteiger partial charge is 0.123 e. The first-order valence-electron chi connectivity index (χ1n) is 7.85. The van der Waals surface area contributed by atoms with Crippen LogP contribution in [0.1, 0.15) is 19.0 Å². The Hall–Kier alpha value is -1.94. The molecule has 0 spiro atoms. The number of likely N-dealkylation sites (tertiary alicyclic amines) is 1. The number of piperidine rings is 1. The van der Waals surface area contributed by atoms with Crippen molar-refractivity contribution >= 4 is 5.69 Å². The van der Waals surface area contributed by atoms with E-state index in [4.69, 9.17) is 0 Å². The minimum atomic E-state index is -0.191. The first-order chi connectivity index (χ1) is 10.7. The van der Waals surface area contributed by atoms with Crippen molar-refractivity contribution in [2.45, 2.75) is 25.9 Å². The number of benzene rings is 1. The van der Waals surface area contributed by atoms with Gasteiger partial charge in [-0.3, -0.25) is 9.88 Å². The fourth-order valence-corrected chi connectivity index (χ4v) is 3.07. The lowest BCUT2D eigenvalue weighted by Gasteiger charge is -2.37. The maximum absolute atomic E-state index is 13.0. The van der Waals surface area contributed by atoms with E-state index in [1.165, 1.54) is 12.1 Å². The summed E-state index contributed by atoms with van der Waals surface area (Å²) in [7, 11) is 0. The van der Waals surface area contributed by atoms with Crippen LogP contribution in [0.2, 0.25) is 0 Å². The summed E-state index contributed by atoms with van der Waals surface area (Å²) in [6.07, 6.45) is 2.94. The maximum atomic E-state index is 13.0. The number of nitrogens with zero attached hydrogens (tertiary/aromatic N) is 2. The lowest BCUT2D eigenvalue weighted by molar-refractivity contribution is 0.163. The molecule has 0 radical (unpaired) electrons. The van der Waals surface area contributed by atoms with E-state index < -0.39 is 0 Å². The molecule has 0 aliphatic carbocycles. The summed E-state index contributed by atoms with van der Waals surface area (Å²) < 4.78 is 13.0. The number of hydrogen-bond donors (Lipinski definition) is 1. The fraction of sp³-hybridized carbons (Fsp3) is 0.389. The highest BCUT2D eigenvalue weighted by molar-refractivity contribution is 5.44. The van der Waals surface area contributed by atoms with Crippen LogP contribution in [-0.2, 0) is 6.54 Å². The van der Waals surface area contributed by atoms with Gasteiger partial charge < -0.3 is 5.32 Å². The number of halogens is 1. The van der Waals surface area contributed by atoms with Gasteiger partial charge in [-0.25, -0.2) is 4.39 Å². The van der Waals surface area contributed by atoms with E-state index >= 15 is 0 Å². The molecule has 22 heavy (non-hydrogen) atoms. The Balaban J connectivity index is 1.54. The molecule has 3 nitrogen and oxygen atoms in total. The Morgan fingerprint density at radius 1 is 1.23 bits per heavy atom. The molecule has 1 aromatic carbocycles. The molecule has 0 amide bonds. The largest absolute Gasteiger partial charge is 0.382 e. The number of anilines is 1. The van der Waals surface area contributed by atoms with E-state index in [0.717, 1.165) is 37.4 Å². The zero-order valence-electron chi connectivity index (χ0n) is 12.9. The molecule has 116 valence electrons. The average Bonchev–Trinajstić information content (AvgIpc) is 2.53. The van der Waals surface area contributed by atoms with Gasteiger partial charge in [-0.2, -0.15) is 0 Å². The van der Waals surface area contributed by atoms with Crippen LogP contribution < -0.4 is 5.32 Å². The molecule has 1 aliphatic rings. The maximum Gasteiger partial charge on any atom is 0.123 e. The third-order valence-electron chi connectivity index (χ3n) is 4.30. The number of rotatable bonds is 4. The third-order valence-corrected chi connectivity index (χ3v) is 4.30. The zero-order valence-corrected chi connectivity index (χ0v) is 12.9. The van der Waals surface area contributed by atoms with Gasteiger partial charge in [0.05, 0.1) is 5.69 Å². The quantitative estimate of drug-likeness (QED) is 0.936. The van der Waals surface area contributed by atoms with Crippen molar-refractivity contribution in [2.24, 2.45) is 5.92 Å². The van der Waals surface area contributed by atoms with Gasteiger partial charge in [0.25, 0.3) is 0 Å². The minimum Gasteiger partial charge on any atom is -0.382 e. The van der Waals surface area contributed by atoms with Crippen molar-refractivity contribution in [2.75, 3.05) is 18.4 Å². The first-order valence-corrected chi connectivity index (χ1v) is 7.85. The van der Waals surface area contributed by atoms with E-state index in [1.807, 2.05) is 30.5 Å². The molecule has 4 heteroatoms. The molecule has 3 rings (SSSR count). The van der Waals surface area contributed by atoms with Crippen molar-refractivity contribution in [1.29, 1.82) is 0 Å². The molecular weight excluding hydrogens is 277 g/mol. The summed E-state index contributed by atoms with van der Waals surface area (Å²) >= 11 is 0. The Labute approximate surface area is 131 Å². The van der Waals surface area contributed by atoms with E-state index in [-0.39, 0.29) is 5.82 Å². The van der Waals surface area contributed by atoms with Gasteiger partial charge in [0.1, 0.15) is 5.82 Å². The summed E-state index contributed by atoms with van der Waals surface area (Å²) in [6.45, 7) is 5.29. The van der Waals surface area contributed by atoms with Gasteiger partial charge in [-0.1, -0.05) is 13.0 Å². The number of pyridine rings is 1. The van der Waals surface area contributed by atoms with Gasteiger partial charge in [-0.05, 0) is 48.7 Å². The fourth-order valence-electron chi connectivity index (χ4n) is 3.07. The predicted octanol–water partition coefficient (Wildman–Crippen LogP) is 3.54. The molecule has 1 aromatic heterocycles. The van der Waals surface area contributed by atoms with Crippen LogP contribution in [0.25, 0.3) is 0 Å². The summed E-state index contributed by atoms with van der Waals surface area (Å²) in [6, 6.07) is 13.1. The molecule has 0 unspecified atom stereocenters. The summed E-state index contributed by atoms with van der Waals surface area (Å²) in [5.41, 5.74) is 2.12. The van der Waals surface area contributed by atoms with Gasteiger partial charge in [-0.15, -0.1) is 0 Å². The molecule has 1 fully saturated rings. The number of nitrogens with one attached hydrogen (secondary N) is 1. The standard InChI is InChI=1S/C18H22FN3/c1-14-12-22(13-17-4-2-3-10-20-17)11-9-18(14)21-16-7-5-15(19)6-8-16/h2-8,10,14,18,21H,9,11-13H2,1H3/t14-,18+/m0/s1. The third kappa shape index (κ3) is 3.83. The Morgan fingerprint density at radius 3 is 2.73 bits per heavy atom. The molecule has 2 atom stereocenters. The van der Waals surface area contributed by atoms with Crippen molar-refractivity contribution in [1.82, 2.24) is 9.88 Å². The lowest BCUT2D eigenvalue weighted by atomic mass is 9.93. The first kappa shape index (κ1) is 15.0. The molecule has 1 aliphatic heterocycles. The van der Waals surface area contributed by atoms with E-state index in [1.54, 1.807) is 0 Å². The highest BCUT2D eigenvalue weighted by Crippen LogP contribution is 2.22. The lowest BCUT2D eigenvalue weighted by Crippen LogP contribution is -2.44. The van der Waals surface area contributed by atoms with Crippen LogP contribution in [0.5, 0.6) is 0 Å². The van der Waals surface area contributed by atoms with Crippen LogP contribution in [0.4, 0.5) is 10.1 Å². The minimum absolute atomic E-state index is 0.191. The SMILES string of the molecule is C[C@H]1CN(Cc2ccccn2)CC[C@H]1Nc1ccc(F)cc1. The van der Waals surface area contributed by atoms with Gasteiger partial charge in [0, 0.05) is 37.6 Å². The average molecular weight is 299 g/mol. The molecule has 1 saturated heterocycles. The molecule has 2 heterocycles. The zero-order chi connectivity index (χ0) is 15.4. The van der Waals surface area contributed by atoms with Crippen molar-refractivity contribution < 1.29 is 4.39 Å². The molecular formula is C18H22FN3. The summed E-state index contributed by atoms with van der Waals surface area (Å²) in [4.78, 5) is 6.85. The van der Waals surface area contributed by atoms with Crippen LogP contribution in [0.3, 0.4) is 0 Å². The van der Waals surface area contributed by atoms with Crippen molar-refractivity contribution in [3.63, 3.8) is 0 Å². The van der Waals surface area contributed by atoms with Gasteiger partial charge in [0.2, 0.25) is 0 Å². The van der Waals surface area contributed by atoms with Crippen molar-refractivity contribution in [3.8, 4) is 0 Å². The van der Waals surface area contributed by atoms with Crippen LogP contribution >= 0.6 is 0 Å². The highest BCUT2D eigenvalue weighted by Gasteiger charge is 2.26. The molecule has 1 N–H and O–H groups in total. The van der Waals surface area contributed by atoms with Crippen LogP contribution in [0, 0.1) is 11.7 Å². The monoisotopic (exact) mass is 299 g/mol. The van der Waals surface area contributed by atoms with Crippen molar-refractivity contribution in [3.05, 3.63) is 60.2 Å². The predicted molar refractivity (Wildman–Crippen MR) is 87.1 cm³/mol.